The molecule has 0 saturated carbocycles. The second-order valence-electron chi connectivity index (χ2n) is 3.98. The molecule has 0 radical (unpaired) electrons. The van der Waals surface area contributed by atoms with Crippen molar-refractivity contribution < 1.29 is 9.90 Å². The van der Waals surface area contributed by atoms with E-state index in [9.17, 15) is 4.79 Å². The fourth-order valence-corrected chi connectivity index (χ4v) is 1.71. The molecule has 0 atom stereocenters. The summed E-state index contributed by atoms with van der Waals surface area (Å²) in [6, 6.07) is 0. The topological polar surface area (TPSA) is 134 Å². The van der Waals surface area contributed by atoms with Crippen molar-refractivity contribution in [3.8, 4) is 0 Å². The van der Waals surface area contributed by atoms with E-state index in [4.69, 9.17) is 5.11 Å². The van der Waals surface area contributed by atoms with Gasteiger partial charge in [-0.2, -0.15) is 0 Å². The number of carboxylic acids is 1. The Labute approximate surface area is 111 Å². The van der Waals surface area contributed by atoms with Crippen LogP contribution in [0.2, 0.25) is 0 Å². The number of fused-ring (bicyclic) bond motifs is 1. The maximum atomic E-state index is 10.5. The molecule has 20 heavy (non-hydrogen) atoms. The minimum absolute atomic E-state index is 0.217. The van der Waals surface area contributed by atoms with Gasteiger partial charge in [-0.1, -0.05) is 5.21 Å². The maximum absolute atomic E-state index is 10.5. The molecule has 3 aromatic heterocycles. The van der Waals surface area contributed by atoms with Crippen molar-refractivity contribution in [2.24, 2.45) is 0 Å². The van der Waals surface area contributed by atoms with E-state index < -0.39 is 5.97 Å². The normalized spacial score (nSPS) is 10.8. The minimum atomic E-state index is -0.968. The molecule has 3 aromatic rings. The number of nitrogens with one attached hydrogen (secondary N) is 2. The summed E-state index contributed by atoms with van der Waals surface area (Å²) in [5.74, 6) is -0.371. The molecule has 3 heterocycles. The number of rotatable bonds is 5. The second kappa shape index (κ2) is 4.91. The fourth-order valence-electron chi connectivity index (χ4n) is 1.71. The van der Waals surface area contributed by atoms with E-state index in [0.717, 1.165) is 0 Å². The molecular formula is C10H10N8O2. The van der Waals surface area contributed by atoms with Crippen molar-refractivity contribution in [3.63, 3.8) is 0 Å². The number of anilines is 1. The number of carbonyl (C=O) groups is 1. The largest absolute Gasteiger partial charge is 0.480 e. The van der Waals surface area contributed by atoms with Crippen LogP contribution in [0.15, 0.2) is 18.9 Å². The first-order chi connectivity index (χ1) is 9.72. The third kappa shape index (κ3) is 2.39. The highest BCUT2D eigenvalue weighted by atomic mass is 16.4. The molecule has 0 amide bonds. The summed E-state index contributed by atoms with van der Waals surface area (Å²) in [5, 5.41) is 19.3. The maximum Gasteiger partial charge on any atom is 0.325 e. The number of H-pyrrole nitrogens is 1. The molecule has 10 heteroatoms. The number of imidazole rings is 1. The lowest BCUT2D eigenvalue weighted by atomic mass is 10.4. The van der Waals surface area contributed by atoms with E-state index in [0.29, 0.717) is 29.2 Å². The summed E-state index contributed by atoms with van der Waals surface area (Å²) in [7, 11) is 0. The van der Waals surface area contributed by atoms with E-state index in [2.05, 4.69) is 35.6 Å². The molecule has 0 saturated heterocycles. The molecule has 0 aliphatic rings. The second-order valence-corrected chi connectivity index (χ2v) is 3.98. The Morgan fingerprint density at radius 3 is 3.15 bits per heavy atom. The average molecular weight is 274 g/mol. The van der Waals surface area contributed by atoms with E-state index in [1.54, 1.807) is 6.20 Å². The first-order valence-corrected chi connectivity index (χ1v) is 5.71. The summed E-state index contributed by atoms with van der Waals surface area (Å²) < 4.78 is 1.26. The number of hydrogen-bond acceptors (Lipinski definition) is 7. The molecule has 3 N–H and O–H groups in total. The van der Waals surface area contributed by atoms with Gasteiger partial charge in [-0.3, -0.25) is 4.79 Å². The highest BCUT2D eigenvalue weighted by Gasteiger charge is 2.07. The van der Waals surface area contributed by atoms with Crippen molar-refractivity contribution in [2.45, 2.75) is 13.1 Å². The summed E-state index contributed by atoms with van der Waals surface area (Å²) in [6.07, 6.45) is 4.51. The van der Waals surface area contributed by atoms with Gasteiger partial charge in [-0.25, -0.2) is 19.6 Å². The zero-order valence-electron chi connectivity index (χ0n) is 10.2. The molecule has 10 nitrogen and oxygen atoms in total. The zero-order chi connectivity index (χ0) is 13.9. The molecule has 0 fully saturated rings. The highest BCUT2D eigenvalue weighted by molar-refractivity contribution is 5.81. The first-order valence-electron chi connectivity index (χ1n) is 5.71. The zero-order valence-corrected chi connectivity index (χ0v) is 10.2. The number of hydrogen-bond donors (Lipinski definition) is 3. The summed E-state index contributed by atoms with van der Waals surface area (Å²) in [4.78, 5) is 25.6. The lowest BCUT2D eigenvalue weighted by Crippen LogP contribution is -2.09. The van der Waals surface area contributed by atoms with Crippen molar-refractivity contribution in [2.75, 3.05) is 5.32 Å². The van der Waals surface area contributed by atoms with Crippen LogP contribution >= 0.6 is 0 Å². The van der Waals surface area contributed by atoms with Gasteiger partial charge in [0.2, 0.25) is 0 Å². The SMILES string of the molecule is O=C(O)Cn1cc(CNc2ncnc3nc[nH]c23)nn1. The summed E-state index contributed by atoms with van der Waals surface area (Å²) >= 11 is 0. The summed E-state index contributed by atoms with van der Waals surface area (Å²) in [5.41, 5.74) is 1.87. The predicted octanol–water partition coefficient (Wildman–Crippen LogP) is -0.359. The van der Waals surface area contributed by atoms with Gasteiger partial charge in [-0.05, 0) is 0 Å². The van der Waals surface area contributed by atoms with Gasteiger partial charge in [0.15, 0.2) is 11.5 Å². The number of aliphatic carboxylic acids is 1. The molecule has 0 aliphatic heterocycles. The lowest BCUT2D eigenvalue weighted by Gasteiger charge is -2.02. The number of nitrogens with zero attached hydrogens (tertiary/aromatic N) is 6. The van der Waals surface area contributed by atoms with Crippen molar-refractivity contribution in [3.05, 3.63) is 24.5 Å². The first kappa shape index (κ1) is 12.0. The van der Waals surface area contributed by atoms with Gasteiger partial charge in [0.25, 0.3) is 0 Å². The van der Waals surface area contributed by atoms with Crippen LogP contribution in [0.1, 0.15) is 5.69 Å². The third-order valence-electron chi connectivity index (χ3n) is 2.54. The molecule has 102 valence electrons. The van der Waals surface area contributed by atoms with Crippen LogP contribution in [-0.2, 0) is 17.9 Å². The number of aromatic amines is 1. The van der Waals surface area contributed by atoms with Gasteiger partial charge < -0.3 is 15.4 Å². The van der Waals surface area contributed by atoms with Crippen LogP contribution in [0.3, 0.4) is 0 Å². The monoisotopic (exact) mass is 274 g/mol. The minimum Gasteiger partial charge on any atom is -0.480 e. The molecule has 0 spiro atoms. The quantitative estimate of drug-likeness (QED) is 0.574. The predicted molar refractivity (Wildman–Crippen MR) is 66.7 cm³/mol. The van der Waals surface area contributed by atoms with Gasteiger partial charge in [0.1, 0.15) is 24.1 Å². The fraction of sp³-hybridized carbons (Fsp3) is 0.200. The third-order valence-corrected chi connectivity index (χ3v) is 2.54. The Balaban J connectivity index is 1.71. The Hall–Kier alpha value is -3.04. The van der Waals surface area contributed by atoms with Gasteiger partial charge in [-0.15, -0.1) is 5.10 Å². The van der Waals surface area contributed by atoms with Crippen LogP contribution in [0, 0.1) is 0 Å². The number of carboxylic acid groups (broad SMARTS) is 1. The Morgan fingerprint density at radius 1 is 1.40 bits per heavy atom. The molecule has 0 bridgehead atoms. The smallest absolute Gasteiger partial charge is 0.325 e. The van der Waals surface area contributed by atoms with Gasteiger partial charge >= 0.3 is 5.97 Å². The number of aromatic nitrogens is 7. The standard InChI is InChI=1S/C10H10N8O2/c19-7(20)3-18-2-6(16-17-18)1-11-9-8-10(13-4-12-8)15-5-14-9/h2,4-5H,1,3H2,(H,19,20)(H2,11,12,13,14,15). The Kier molecular flexibility index (Phi) is 2.95. The van der Waals surface area contributed by atoms with E-state index in [1.807, 2.05) is 0 Å². The van der Waals surface area contributed by atoms with Crippen LogP contribution < -0.4 is 5.32 Å². The van der Waals surface area contributed by atoms with E-state index >= 15 is 0 Å². The average Bonchev–Trinajstić information content (AvgIpc) is 3.04. The van der Waals surface area contributed by atoms with Crippen molar-refractivity contribution in [1.82, 2.24) is 34.9 Å². The van der Waals surface area contributed by atoms with E-state index in [1.165, 1.54) is 17.3 Å². The van der Waals surface area contributed by atoms with Crippen LogP contribution in [0.5, 0.6) is 0 Å². The molecule has 0 unspecified atom stereocenters. The highest BCUT2D eigenvalue weighted by Crippen LogP contribution is 2.14. The van der Waals surface area contributed by atoms with Crippen molar-refractivity contribution >= 4 is 23.0 Å². The summed E-state index contributed by atoms with van der Waals surface area (Å²) in [6.45, 7) is 0.149. The van der Waals surface area contributed by atoms with E-state index in [-0.39, 0.29) is 6.54 Å². The van der Waals surface area contributed by atoms with Crippen molar-refractivity contribution in [1.29, 1.82) is 0 Å². The van der Waals surface area contributed by atoms with Gasteiger partial charge in [0, 0.05) is 0 Å². The lowest BCUT2D eigenvalue weighted by molar-refractivity contribution is -0.137. The molecule has 0 aliphatic carbocycles. The Bertz CT molecular complexity index is 748. The van der Waals surface area contributed by atoms with Crippen LogP contribution in [0.4, 0.5) is 5.82 Å². The Morgan fingerprint density at radius 2 is 2.30 bits per heavy atom. The van der Waals surface area contributed by atoms with Gasteiger partial charge in [0.05, 0.1) is 19.1 Å². The van der Waals surface area contributed by atoms with Crippen LogP contribution in [0.25, 0.3) is 11.2 Å². The molecular weight excluding hydrogens is 264 g/mol. The molecule has 3 rings (SSSR count). The molecule has 0 aromatic carbocycles. The van der Waals surface area contributed by atoms with Crippen LogP contribution in [-0.4, -0.2) is 46.0 Å².